The van der Waals surface area contributed by atoms with E-state index < -0.39 is 0 Å². The maximum Gasteiger partial charge on any atom is 0.265 e. The molecular weight excluding hydrogens is 310 g/mol. The molecule has 0 saturated heterocycles. The van der Waals surface area contributed by atoms with Crippen LogP contribution in [0.5, 0.6) is 0 Å². The highest BCUT2D eigenvalue weighted by atomic mass is 79.9. The van der Waals surface area contributed by atoms with Gasteiger partial charge in [-0.2, -0.15) is 0 Å². The molecule has 0 fully saturated rings. The highest BCUT2D eigenvalue weighted by Gasteiger charge is 2.14. The fraction of sp³-hybridized carbons (Fsp3) is 0.308. The molecule has 0 aliphatic carbocycles. The molecule has 0 atom stereocenters. The van der Waals surface area contributed by atoms with Gasteiger partial charge in [0.2, 0.25) is 0 Å². The molecule has 5 nitrogen and oxygen atoms in total. The standard InChI is InChI=1S/C13H14BrN3O2/c1-2-17-11-9(4-3-6-15-11)8-10(13(17)19)12(18)16-7-5-14/h3-4,6,8H,2,5,7H2,1H3,(H,16,18). The van der Waals surface area contributed by atoms with E-state index in [-0.39, 0.29) is 17.0 Å². The van der Waals surface area contributed by atoms with Crippen molar-refractivity contribution in [1.29, 1.82) is 0 Å². The molecule has 0 aliphatic rings. The first-order valence-corrected chi connectivity index (χ1v) is 7.14. The van der Waals surface area contributed by atoms with Gasteiger partial charge in [0.1, 0.15) is 11.2 Å². The molecule has 1 amide bonds. The monoisotopic (exact) mass is 323 g/mol. The van der Waals surface area contributed by atoms with E-state index in [4.69, 9.17) is 0 Å². The van der Waals surface area contributed by atoms with Gasteiger partial charge in [-0.05, 0) is 25.1 Å². The molecule has 0 unspecified atom stereocenters. The number of alkyl halides is 1. The largest absolute Gasteiger partial charge is 0.351 e. The molecule has 0 radical (unpaired) electrons. The molecule has 2 aromatic rings. The van der Waals surface area contributed by atoms with Crippen LogP contribution in [0.15, 0.2) is 29.2 Å². The number of nitrogens with one attached hydrogen (secondary N) is 1. The molecule has 0 saturated carbocycles. The van der Waals surface area contributed by atoms with Crippen LogP contribution in [0.25, 0.3) is 11.0 Å². The van der Waals surface area contributed by atoms with Gasteiger partial charge in [-0.25, -0.2) is 4.98 Å². The second kappa shape index (κ2) is 5.97. The Bertz CT molecular complexity index is 666. The molecule has 1 N–H and O–H groups in total. The Labute approximate surface area is 118 Å². The number of rotatable bonds is 4. The van der Waals surface area contributed by atoms with Crippen molar-refractivity contribution in [3.63, 3.8) is 0 Å². The normalized spacial score (nSPS) is 10.6. The third kappa shape index (κ3) is 2.68. The van der Waals surface area contributed by atoms with Crippen LogP contribution >= 0.6 is 15.9 Å². The van der Waals surface area contributed by atoms with Gasteiger partial charge in [-0.15, -0.1) is 0 Å². The average molecular weight is 324 g/mol. The average Bonchev–Trinajstić information content (AvgIpc) is 2.44. The van der Waals surface area contributed by atoms with Gasteiger partial charge in [-0.3, -0.25) is 14.2 Å². The lowest BCUT2D eigenvalue weighted by molar-refractivity contribution is 0.0954. The van der Waals surface area contributed by atoms with Crippen molar-refractivity contribution in [2.45, 2.75) is 13.5 Å². The zero-order chi connectivity index (χ0) is 13.8. The first kappa shape index (κ1) is 13.7. The van der Waals surface area contributed by atoms with E-state index in [1.54, 1.807) is 18.3 Å². The van der Waals surface area contributed by atoms with Crippen LogP contribution in [0.4, 0.5) is 0 Å². The predicted molar refractivity (Wildman–Crippen MR) is 77.8 cm³/mol. The number of nitrogens with zero attached hydrogens (tertiary/aromatic N) is 2. The Balaban J connectivity index is 2.59. The zero-order valence-corrected chi connectivity index (χ0v) is 12.1. The summed E-state index contributed by atoms with van der Waals surface area (Å²) in [7, 11) is 0. The first-order valence-electron chi connectivity index (χ1n) is 6.01. The van der Waals surface area contributed by atoms with Gasteiger partial charge in [0.15, 0.2) is 0 Å². The number of hydrogen-bond acceptors (Lipinski definition) is 3. The van der Waals surface area contributed by atoms with Crippen molar-refractivity contribution < 1.29 is 4.79 Å². The highest BCUT2D eigenvalue weighted by molar-refractivity contribution is 9.09. The lowest BCUT2D eigenvalue weighted by Gasteiger charge is -2.10. The SMILES string of the molecule is CCn1c(=O)c(C(=O)NCCBr)cc2cccnc21. The van der Waals surface area contributed by atoms with Crippen LogP contribution < -0.4 is 10.9 Å². The number of amides is 1. The van der Waals surface area contributed by atoms with Crippen molar-refractivity contribution in [3.05, 3.63) is 40.3 Å². The van der Waals surface area contributed by atoms with E-state index in [2.05, 4.69) is 26.2 Å². The lowest BCUT2D eigenvalue weighted by atomic mass is 10.2. The van der Waals surface area contributed by atoms with Crippen LogP contribution in [0, 0.1) is 0 Å². The van der Waals surface area contributed by atoms with Crippen LogP contribution in [0.2, 0.25) is 0 Å². The minimum atomic E-state index is -0.350. The number of halogens is 1. The molecule has 2 aromatic heterocycles. The maximum atomic E-state index is 12.3. The Hall–Kier alpha value is -1.69. The van der Waals surface area contributed by atoms with Gasteiger partial charge in [0, 0.05) is 30.0 Å². The van der Waals surface area contributed by atoms with Crippen LogP contribution in [-0.2, 0) is 6.54 Å². The van der Waals surface area contributed by atoms with Gasteiger partial charge in [0.05, 0.1) is 0 Å². The minimum Gasteiger partial charge on any atom is -0.351 e. The number of hydrogen-bond donors (Lipinski definition) is 1. The smallest absolute Gasteiger partial charge is 0.265 e. The Kier molecular flexibility index (Phi) is 4.31. The van der Waals surface area contributed by atoms with E-state index in [1.807, 2.05) is 13.0 Å². The molecule has 100 valence electrons. The van der Waals surface area contributed by atoms with E-state index in [1.165, 1.54) is 4.57 Å². The van der Waals surface area contributed by atoms with E-state index >= 15 is 0 Å². The zero-order valence-electron chi connectivity index (χ0n) is 10.5. The van der Waals surface area contributed by atoms with Crippen molar-refractivity contribution in [2.75, 3.05) is 11.9 Å². The van der Waals surface area contributed by atoms with Gasteiger partial charge in [0.25, 0.3) is 11.5 Å². The quantitative estimate of drug-likeness (QED) is 0.868. The third-order valence-electron chi connectivity index (χ3n) is 2.79. The van der Waals surface area contributed by atoms with Gasteiger partial charge in [-0.1, -0.05) is 15.9 Å². The number of pyridine rings is 2. The maximum absolute atomic E-state index is 12.3. The number of carbonyl (C=O) groups excluding carboxylic acids is 1. The van der Waals surface area contributed by atoms with E-state index in [0.29, 0.717) is 24.1 Å². The number of carbonyl (C=O) groups is 1. The molecule has 6 heteroatoms. The van der Waals surface area contributed by atoms with Crippen LogP contribution in [0.3, 0.4) is 0 Å². The fourth-order valence-corrected chi connectivity index (χ4v) is 2.12. The molecule has 0 spiro atoms. The third-order valence-corrected chi connectivity index (χ3v) is 3.19. The second-order valence-corrected chi connectivity index (χ2v) is 4.76. The van der Waals surface area contributed by atoms with Crippen molar-refractivity contribution >= 4 is 32.9 Å². The first-order chi connectivity index (χ1) is 9.19. The number of aromatic nitrogens is 2. The molecule has 2 heterocycles. The second-order valence-electron chi connectivity index (χ2n) is 3.97. The van der Waals surface area contributed by atoms with Crippen LogP contribution in [0.1, 0.15) is 17.3 Å². The summed E-state index contributed by atoms with van der Waals surface area (Å²) in [6.45, 7) is 2.82. The summed E-state index contributed by atoms with van der Waals surface area (Å²) in [6.07, 6.45) is 1.64. The summed E-state index contributed by atoms with van der Waals surface area (Å²) in [6, 6.07) is 5.22. The highest BCUT2D eigenvalue weighted by Crippen LogP contribution is 2.10. The van der Waals surface area contributed by atoms with Crippen molar-refractivity contribution in [3.8, 4) is 0 Å². The summed E-state index contributed by atoms with van der Waals surface area (Å²) in [5.41, 5.74) is 0.455. The Morgan fingerprint density at radius 2 is 2.32 bits per heavy atom. The molecule has 0 bridgehead atoms. The van der Waals surface area contributed by atoms with E-state index in [0.717, 1.165) is 5.39 Å². The molecule has 2 rings (SSSR count). The molecule has 0 aromatic carbocycles. The summed E-state index contributed by atoms with van der Waals surface area (Å²) >= 11 is 3.23. The summed E-state index contributed by atoms with van der Waals surface area (Å²) < 4.78 is 1.51. The summed E-state index contributed by atoms with van der Waals surface area (Å²) in [4.78, 5) is 28.4. The molecular formula is C13H14BrN3O2. The van der Waals surface area contributed by atoms with Crippen molar-refractivity contribution in [2.24, 2.45) is 0 Å². The minimum absolute atomic E-state index is 0.156. The Morgan fingerprint density at radius 3 is 3.00 bits per heavy atom. The topological polar surface area (TPSA) is 64.0 Å². The Morgan fingerprint density at radius 1 is 1.53 bits per heavy atom. The summed E-state index contributed by atoms with van der Waals surface area (Å²) in [5, 5.41) is 4.12. The summed E-state index contributed by atoms with van der Waals surface area (Å²) in [5.74, 6) is -0.350. The molecule has 19 heavy (non-hydrogen) atoms. The number of fused-ring (bicyclic) bond motifs is 1. The molecule has 0 aliphatic heterocycles. The lowest BCUT2D eigenvalue weighted by Crippen LogP contribution is -2.34. The predicted octanol–water partition coefficient (Wildman–Crippen LogP) is 1.54. The van der Waals surface area contributed by atoms with Crippen LogP contribution in [-0.4, -0.2) is 27.3 Å². The van der Waals surface area contributed by atoms with Gasteiger partial charge >= 0.3 is 0 Å². The van der Waals surface area contributed by atoms with Crippen molar-refractivity contribution in [1.82, 2.24) is 14.9 Å². The van der Waals surface area contributed by atoms with E-state index in [9.17, 15) is 9.59 Å². The van der Waals surface area contributed by atoms with Gasteiger partial charge < -0.3 is 5.32 Å². The number of aryl methyl sites for hydroxylation is 1. The fourth-order valence-electron chi connectivity index (χ4n) is 1.92.